The van der Waals surface area contributed by atoms with E-state index in [2.05, 4.69) is 12.2 Å². The minimum absolute atomic E-state index is 0.0486. The Morgan fingerprint density at radius 3 is 2.53 bits per heavy atom. The van der Waals surface area contributed by atoms with Crippen LogP contribution < -0.4 is 11.1 Å². The van der Waals surface area contributed by atoms with E-state index in [9.17, 15) is 4.79 Å². The Morgan fingerprint density at radius 2 is 2.05 bits per heavy atom. The van der Waals surface area contributed by atoms with Crippen LogP contribution in [0.5, 0.6) is 0 Å². The van der Waals surface area contributed by atoms with Crippen LogP contribution in [0.15, 0.2) is 6.07 Å². The van der Waals surface area contributed by atoms with E-state index in [0.717, 1.165) is 35.6 Å². The van der Waals surface area contributed by atoms with Gasteiger partial charge in [-0.25, -0.2) is 0 Å². The second-order valence-electron chi connectivity index (χ2n) is 5.12. The van der Waals surface area contributed by atoms with Crippen molar-refractivity contribution in [1.29, 1.82) is 0 Å². The molecule has 1 amide bonds. The molecule has 19 heavy (non-hydrogen) atoms. The monoisotopic (exact) mass is 320 g/mol. The molecule has 0 spiro atoms. The quantitative estimate of drug-likeness (QED) is 0.887. The van der Waals surface area contributed by atoms with E-state index < -0.39 is 0 Å². The smallest absolute Gasteiger partial charge is 0.220 e. The maximum Gasteiger partial charge on any atom is 0.220 e. The first kappa shape index (κ1) is 15.1. The zero-order valence-electron chi connectivity index (χ0n) is 10.8. The van der Waals surface area contributed by atoms with Crippen molar-refractivity contribution >= 4 is 40.4 Å². The van der Waals surface area contributed by atoms with Gasteiger partial charge >= 0.3 is 0 Å². The number of thiophene rings is 1. The fourth-order valence-electron chi connectivity index (χ4n) is 2.64. The molecule has 1 aromatic rings. The highest BCUT2D eigenvalue weighted by atomic mass is 35.5. The summed E-state index contributed by atoms with van der Waals surface area (Å²) < 4.78 is 1.46. The Hall–Kier alpha value is -0.290. The van der Waals surface area contributed by atoms with E-state index in [0.29, 0.717) is 10.4 Å². The van der Waals surface area contributed by atoms with Crippen LogP contribution in [0, 0.1) is 5.92 Å². The largest absolute Gasteiger partial charge is 0.369 e. The molecule has 0 saturated heterocycles. The van der Waals surface area contributed by atoms with Crippen molar-refractivity contribution in [1.82, 2.24) is 5.32 Å². The highest BCUT2D eigenvalue weighted by Crippen LogP contribution is 2.35. The van der Waals surface area contributed by atoms with Gasteiger partial charge in [-0.1, -0.05) is 23.2 Å². The number of nitrogens with two attached hydrogens (primary N) is 1. The van der Waals surface area contributed by atoms with Crippen LogP contribution in [0.3, 0.4) is 0 Å². The van der Waals surface area contributed by atoms with E-state index >= 15 is 0 Å². The van der Waals surface area contributed by atoms with E-state index in [4.69, 9.17) is 28.9 Å². The maximum absolute atomic E-state index is 11.1. The van der Waals surface area contributed by atoms with Crippen molar-refractivity contribution in [2.24, 2.45) is 11.7 Å². The van der Waals surface area contributed by atoms with Crippen LogP contribution in [0.2, 0.25) is 8.67 Å². The summed E-state index contributed by atoms with van der Waals surface area (Å²) in [5.41, 5.74) is 6.39. The Bertz CT molecular complexity index is 455. The molecule has 0 aliphatic heterocycles. The average Bonchev–Trinajstić information content (AvgIpc) is 2.69. The summed E-state index contributed by atoms with van der Waals surface area (Å²) in [6.45, 7) is 2.09. The van der Waals surface area contributed by atoms with Gasteiger partial charge in [0.05, 0.1) is 8.67 Å². The lowest BCUT2D eigenvalue weighted by molar-refractivity contribution is -0.122. The molecule has 1 atom stereocenters. The highest BCUT2D eigenvalue weighted by Gasteiger charge is 2.26. The van der Waals surface area contributed by atoms with Crippen molar-refractivity contribution in [2.45, 2.75) is 44.7 Å². The molecule has 1 heterocycles. The Balaban J connectivity index is 1.89. The molecular formula is C13H18Cl2N2OS. The lowest BCUT2D eigenvalue weighted by atomic mass is 9.85. The van der Waals surface area contributed by atoms with Crippen molar-refractivity contribution < 1.29 is 4.79 Å². The number of primary amides is 1. The molecule has 106 valence electrons. The second-order valence-corrected chi connectivity index (χ2v) is 7.40. The first-order chi connectivity index (χ1) is 8.97. The molecule has 6 heteroatoms. The highest BCUT2D eigenvalue weighted by molar-refractivity contribution is 7.20. The summed E-state index contributed by atoms with van der Waals surface area (Å²) in [6, 6.07) is 2.51. The lowest BCUT2D eigenvalue weighted by Crippen LogP contribution is -2.37. The van der Waals surface area contributed by atoms with Crippen molar-refractivity contribution in [2.75, 3.05) is 0 Å². The van der Waals surface area contributed by atoms with Crippen molar-refractivity contribution in [3.05, 3.63) is 20.3 Å². The minimum atomic E-state index is -0.167. The van der Waals surface area contributed by atoms with Crippen molar-refractivity contribution in [3.63, 3.8) is 0 Å². The number of hydrogen-bond donors (Lipinski definition) is 2. The van der Waals surface area contributed by atoms with Gasteiger partial charge in [-0.3, -0.25) is 4.79 Å². The SMILES string of the molecule is CC(NC1CCC(C(N)=O)CC1)c1cc(Cl)sc1Cl. The van der Waals surface area contributed by atoms with Crippen molar-refractivity contribution in [3.8, 4) is 0 Å². The minimum Gasteiger partial charge on any atom is -0.369 e. The Labute approximate surface area is 127 Å². The molecule has 3 nitrogen and oxygen atoms in total. The molecule has 1 aliphatic rings. The summed E-state index contributed by atoms with van der Waals surface area (Å²) in [7, 11) is 0. The van der Waals surface area contributed by atoms with Gasteiger partial charge in [-0.15, -0.1) is 11.3 Å². The number of hydrogen-bond acceptors (Lipinski definition) is 3. The van der Waals surface area contributed by atoms with Gasteiger partial charge < -0.3 is 11.1 Å². The van der Waals surface area contributed by atoms with E-state index in [1.807, 2.05) is 6.07 Å². The van der Waals surface area contributed by atoms with Crippen LogP contribution in [0.4, 0.5) is 0 Å². The van der Waals surface area contributed by atoms with Crippen LogP contribution >= 0.6 is 34.5 Å². The van der Waals surface area contributed by atoms with Crippen LogP contribution in [-0.2, 0) is 4.79 Å². The molecule has 0 aromatic carbocycles. The van der Waals surface area contributed by atoms with E-state index in [1.165, 1.54) is 11.3 Å². The summed E-state index contributed by atoms with van der Waals surface area (Å²) in [6.07, 6.45) is 3.70. The summed E-state index contributed by atoms with van der Waals surface area (Å²) in [5.74, 6) is -0.119. The number of halogens is 2. The number of amides is 1. The zero-order chi connectivity index (χ0) is 14.0. The average molecular weight is 321 g/mol. The second kappa shape index (κ2) is 6.44. The van der Waals surface area contributed by atoms with Crippen LogP contribution in [0.25, 0.3) is 0 Å². The van der Waals surface area contributed by atoms with Crippen LogP contribution in [-0.4, -0.2) is 11.9 Å². The molecule has 3 N–H and O–H groups in total. The maximum atomic E-state index is 11.1. The number of rotatable bonds is 4. The Kier molecular flexibility index (Phi) is 5.12. The first-order valence-corrected chi connectivity index (χ1v) is 8.04. The number of nitrogens with one attached hydrogen (secondary N) is 1. The van der Waals surface area contributed by atoms with Gasteiger partial charge in [-0.05, 0) is 44.2 Å². The summed E-state index contributed by atoms with van der Waals surface area (Å²) >= 11 is 13.5. The third-order valence-electron chi connectivity index (χ3n) is 3.76. The van der Waals surface area contributed by atoms with Gasteiger partial charge in [0.1, 0.15) is 0 Å². The standard InChI is InChI=1S/C13H18Cl2N2OS/c1-7(10-6-11(14)19-12(10)15)17-9-4-2-8(3-5-9)13(16)18/h6-9,17H,2-5H2,1H3,(H2,16,18). The fraction of sp³-hybridized carbons (Fsp3) is 0.615. The molecular weight excluding hydrogens is 303 g/mol. The summed E-state index contributed by atoms with van der Waals surface area (Å²) in [5, 5.41) is 3.56. The molecule has 1 saturated carbocycles. The summed E-state index contributed by atoms with van der Waals surface area (Å²) in [4.78, 5) is 11.1. The predicted molar refractivity (Wildman–Crippen MR) is 80.8 cm³/mol. The normalized spacial score (nSPS) is 25.2. The lowest BCUT2D eigenvalue weighted by Gasteiger charge is -2.29. The fourth-order valence-corrected chi connectivity index (χ4v) is 4.28. The zero-order valence-corrected chi connectivity index (χ0v) is 13.1. The van der Waals surface area contributed by atoms with Gasteiger partial charge in [0.25, 0.3) is 0 Å². The number of carbonyl (C=O) groups is 1. The Morgan fingerprint density at radius 1 is 1.42 bits per heavy atom. The molecule has 1 aliphatic carbocycles. The molecule has 0 bridgehead atoms. The van der Waals surface area contributed by atoms with Gasteiger partial charge in [0.2, 0.25) is 5.91 Å². The third-order valence-corrected chi connectivity index (χ3v) is 5.28. The molecule has 2 rings (SSSR count). The molecule has 1 fully saturated rings. The van der Waals surface area contributed by atoms with Crippen LogP contribution in [0.1, 0.15) is 44.2 Å². The topological polar surface area (TPSA) is 55.1 Å². The molecule has 0 radical (unpaired) electrons. The molecule has 1 aromatic heterocycles. The van der Waals surface area contributed by atoms with Gasteiger partial charge in [-0.2, -0.15) is 0 Å². The first-order valence-electron chi connectivity index (χ1n) is 6.47. The predicted octanol–water partition coefficient (Wildman–Crippen LogP) is 3.75. The number of carbonyl (C=O) groups excluding carboxylic acids is 1. The van der Waals surface area contributed by atoms with Gasteiger partial charge in [0.15, 0.2) is 0 Å². The van der Waals surface area contributed by atoms with Gasteiger partial charge in [0, 0.05) is 18.0 Å². The van der Waals surface area contributed by atoms with E-state index in [-0.39, 0.29) is 17.9 Å². The third kappa shape index (κ3) is 3.85. The molecule has 1 unspecified atom stereocenters. The van der Waals surface area contributed by atoms with E-state index in [1.54, 1.807) is 0 Å².